The minimum Gasteiger partial charge on any atom is -0.257 e. The molecule has 0 unspecified atom stereocenters. The molecule has 2 aliphatic carbocycles. The molecule has 3 rings (SSSR count). The molecule has 0 bridgehead atoms. The number of aromatic nitrogens is 1. The van der Waals surface area contributed by atoms with E-state index >= 15 is 0 Å². The first-order chi connectivity index (χ1) is 10.4. The molecule has 0 spiro atoms. The van der Waals surface area contributed by atoms with Gasteiger partial charge in [0.15, 0.2) is 0 Å². The summed E-state index contributed by atoms with van der Waals surface area (Å²) in [6.07, 6.45) is 18.9. The van der Waals surface area contributed by atoms with Crippen LogP contribution in [0.3, 0.4) is 0 Å². The summed E-state index contributed by atoms with van der Waals surface area (Å²) in [4.78, 5) is 5.07. The lowest BCUT2D eigenvalue weighted by atomic mass is 9.82. The highest BCUT2D eigenvalue weighted by molar-refractivity contribution is 5.43. The fraction of sp³-hybridized carbons (Fsp3) is 0.750. The van der Waals surface area contributed by atoms with Crippen molar-refractivity contribution in [3.8, 4) is 0 Å². The van der Waals surface area contributed by atoms with E-state index in [1.165, 1.54) is 101 Å². The van der Waals surface area contributed by atoms with E-state index in [0.29, 0.717) is 0 Å². The average molecular weight is 285 g/mol. The van der Waals surface area contributed by atoms with E-state index in [4.69, 9.17) is 4.98 Å². The van der Waals surface area contributed by atoms with Gasteiger partial charge in [0, 0.05) is 11.4 Å². The van der Waals surface area contributed by atoms with Crippen molar-refractivity contribution in [2.45, 2.75) is 96.8 Å². The lowest BCUT2D eigenvalue weighted by Crippen LogP contribution is -2.17. The third-order valence-corrected chi connectivity index (χ3v) is 5.41. The van der Waals surface area contributed by atoms with Gasteiger partial charge in [0.2, 0.25) is 0 Å². The maximum absolute atomic E-state index is 5.07. The molecule has 1 heterocycles. The van der Waals surface area contributed by atoms with Crippen molar-refractivity contribution >= 4 is 0 Å². The van der Waals surface area contributed by atoms with Crippen molar-refractivity contribution in [1.82, 2.24) is 4.98 Å². The van der Waals surface area contributed by atoms with Gasteiger partial charge in [-0.15, -0.1) is 0 Å². The Morgan fingerprint density at radius 2 is 1.29 bits per heavy atom. The van der Waals surface area contributed by atoms with Crippen molar-refractivity contribution in [2.75, 3.05) is 0 Å². The van der Waals surface area contributed by atoms with Crippen LogP contribution >= 0.6 is 0 Å². The third-order valence-electron chi connectivity index (χ3n) is 5.41. The predicted molar refractivity (Wildman–Crippen MR) is 90.0 cm³/mol. The smallest absolute Gasteiger partial charge is 0.0441 e. The van der Waals surface area contributed by atoms with Gasteiger partial charge in [0.25, 0.3) is 0 Å². The Kier molecular flexibility index (Phi) is 5.32. The molecular formula is C20H31N. The minimum absolute atomic E-state index is 1.24. The van der Waals surface area contributed by atoms with E-state index in [1.54, 1.807) is 16.7 Å². The molecule has 1 aromatic heterocycles. The van der Waals surface area contributed by atoms with Crippen molar-refractivity contribution in [1.29, 1.82) is 0 Å². The first-order valence-electron chi connectivity index (χ1n) is 9.42. The average Bonchev–Trinajstić information content (AvgIpc) is 2.53. The standard InChI is InChI=1S/C20H31N/c1-2-3-4-5-6-11-16-17-12-7-9-14-19(17)21-20-15-10-8-13-18(16)20/h2-15H2,1H3. The maximum Gasteiger partial charge on any atom is 0.0441 e. The monoisotopic (exact) mass is 285 g/mol. The second-order valence-corrected chi connectivity index (χ2v) is 7.02. The predicted octanol–water partition coefficient (Wildman–Crippen LogP) is 5.35. The minimum atomic E-state index is 1.24. The molecule has 0 N–H and O–H groups in total. The highest BCUT2D eigenvalue weighted by atomic mass is 14.7. The summed E-state index contributed by atoms with van der Waals surface area (Å²) in [5, 5.41) is 0. The van der Waals surface area contributed by atoms with Crippen LogP contribution in [-0.4, -0.2) is 4.98 Å². The second kappa shape index (κ2) is 7.42. The summed E-state index contributed by atoms with van der Waals surface area (Å²) >= 11 is 0. The van der Waals surface area contributed by atoms with Gasteiger partial charge in [0.05, 0.1) is 0 Å². The number of hydrogen-bond acceptors (Lipinski definition) is 1. The van der Waals surface area contributed by atoms with Crippen LogP contribution in [0.5, 0.6) is 0 Å². The number of unbranched alkanes of at least 4 members (excludes halogenated alkanes) is 4. The van der Waals surface area contributed by atoms with Gasteiger partial charge >= 0.3 is 0 Å². The molecule has 1 heteroatoms. The molecule has 1 aromatic rings. The Morgan fingerprint density at radius 3 is 1.90 bits per heavy atom. The molecule has 0 atom stereocenters. The normalized spacial score (nSPS) is 17.4. The highest BCUT2D eigenvalue weighted by Crippen LogP contribution is 2.32. The number of aryl methyl sites for hydroxylation is 2. The van der Waals surface area contributed by atoms with Gasteiger partial charge in [-0.25, -0.2) is 0 Å². The van der Waals surface area contributed by atoms with Gasteiger partial charge in [0.1, 0.15) is 0 Å². The van der Waals surface area contributed by atoms with Crippen LogP contribution in [-0.2, 0) is 32.1 Å². The van der Waals surface area contributed by atoms with Crippen molar-refractivity contribution in [2.24, 2.45) is 0 Å². The second-order valence-electron chi connectivity index (χ2n) is 7.02. The molecule has 21 heavy (non-hydrogen) atoms. The van der Waals surface area contributed by atoms with Crippen molar-refractivity contribution < 1.29 is 0 Å². The summed E-state index contributed by atoms with van der Waals surface area (Å²) in [6, 6.07) is 0. The van der Waals surface area contributed by atoms with Crippen LogP contribution in [0.25, 0.3) is 0 Å². The Labute approximate surface area is 130 Å². The molecule has 0 aliphatic heterocycles. The molecule has 1 nitrogen and oxygen atoms in total. The lowest BCUT2D eigenvalue weighted by molar-refractivity contribution is 0.596. The van der Waals surface area contributed by atoms with E-state index in [-0.39, 0.29) is 0 Å². The molecule has 0 aromatic carbocycles. The Balaban J connectivity index is 1.79. The summed E-state index contributed by atoms with van der Waals surface area (Å²) in [5.74, 6) is 0. The van der Waals surface area contributed by atoms with Gasteiger partial charge in [-0.1, -0.05) is 32.6 Å². The summed E-state index contributed by atoms with van der Waals surface area (Å²) in [7, 11) is 0. The number of rotatable bonds is 6. The molecule has 0 fully saturated rings. The van der Waals surface area contributed by atoms with Crippen molar-refractivity contribution in [3.63, 3.8) is 0 Å². The topological polar surface area (TPSA) is 12.9 Å². The van der Waals surface area contributed by atoms with Crippen LogP contribution in [0.2, 0.25) is 0 Å². The Hall–Kier alpha value is -0.850. The van der Waals surface area contributed by atoms with Gasteiger partial charge in [-0.2, -0.15) is 0 Å². The highest BCUT2D eigenvalue weighted by Gasteiger charge is 2.22. The first kappa shape index (κ1) is 15.1. The summed E-state index contributed by atoms with van der Waals surface area (Å²) in [5.41, 5.74) is 8.07. The summed E-state index contributed by atoms with van der Waals surface area (Å²) < 4.78 is 0. The van der Waals surface area contributed by atoms with E-state index < -0.39 is 0 Å². The van der Waals surface area contributed by atoms with Crippen LogP contribution < -0.4 is 0 Å². The van der Waals surface area contributed by atoms with Crippen LogP contribution in [0.1, 0.15) is 92.8 Å². The van der Waals surface area contributed by atoms with Crippen LogP contribution in [0.4, 0.5) is 0 Å². The number of nitrogens with zero attached hydrogens (tertiary/aromatic N) is 1. The lowest BCUT2D eigenvalue weighted by Gasteiger charge is -2.26. The molecule has 2 aliphatic rings. The summed E-state index contributed by atoms with van der Waals surface area (Å²) in [6.45, 7) is 2.30. The van der Waals surface area contributed by atoms with E-state index in [0.717, 1.165) is 0 Å². The molecule has 116 valence electrons. The molecule has 0 saturated heterocycles. The van der Waals surface area contributed by atoms with E-state index in [2.05, 4.69) is 6.92 Å². The van der Waals surface area contributed by atoms with E-state index in [1.807, 2.05) is 0 Å². The molecule has 0 saturated carbocycles. The van der Waals surface area contributed by atoms with Crippen LogP contribution in [0.15, 0.2) is 0 Å². The largest absolute Gasteiger partial charge is 0.257 e. The first-order valence-corrected chi connectivity index (χ1v) is 9.42. The number of pyridine rings is 1. The Bertz CT molecular complexity index is 441. The van der Waals surface area contributed by atoms with E-state index in [9.17, 15) is 0 Å². The van der Waals surface area contributed by atoms with Gasteiger partial charge < -0.3 is 0 Å². The van der Waals surface area contributed by atoms with Crippen molar-refractivity contribution in [3.05, 3.63) is 28.1 Å². The van der Waals surface area contributed by atoms with Gasteiger partial charge in [-0.05, 0) is 80.9 Å². The Morgan fingerprint density at radius 1 is 0.714 bits per heavy atom. The van der Waals surface area contributed by atoms with Crippen LogP contribution in [0, 0.1) is 0 Å². The fourth-order valence-corrected chi connectivity index (χ4v) is 4.23. The zero-order chi connectivity index (χ0) is 14.5. The third kappa shape index (κ3) is 3.49. The SMILES string of the molecule is CCCCCCCc1c2c(nc3c1CCCC3)CCCC2. The molecule has 0 amide bonds. The zero-order valence-electron chi connectivity index (χ0n) is 13.8. The molecule has 0 radical (unpaired) electrons. The number of fused-ring (bicyclic) bond motifs is 2. The van der Waals surface area contributed by atoms with Gasteiger partial charge in [-0.3, -0.25) is 4.98 Å². The zero-order valence-corrected chi connectivity index (χ0v) is 13.8. The fourth-order valence-electron chi connectivity index (χ4n) is 4.23. The maximum atomic E-state index is 5.07. The quantitative estimate of drug-likeness (QED) is 0.642. The molecular weight excluding hydrogens is 254 g/mol. The number of hydrogen-bond donors (Lipinski definition) is 0.